The molecule has 0 aromatic heterocycles. The zero-order valence-electron chi connectivity index (χ0n) is 11.4. The number of amides is 1. The molecule has 0 aliphatic heterocycles. The maximum absolute atomic E-state index is 13.5. The number of carbonyl (C=O) groups is 1. The van der Waals surface area contributed by atoms with E-state index in [1.54, 1.807) is 0 Å². The molecule has 0 atom stereocenters. The summed E-state index contributed by atoms with van der Waals surface area (Å²) in [5.41, 5.74) is -1.05. The van der Waals surface area contributed by atoms with E-state index >= 15 is 0 Å². The van der Waals surface area contributed by atoms with Gasteiger partial charge in [-0.3, -0.25) is 14.9 Å². The molecular formula is C13H17FN2O4. The number of nitrogens with zero attached hydrogens (tertiary/aromatic N) is 1. The van der Waals surface area contributed by atoms with Gasteiger partial charge in [-0.1, -0.05) is 13.8 Å². The highest BCUT2D eigenvalue weighted by Gasteiger charge is 2.21. The van der Waals surface area contributed by atoms with E-state index in [0.29, 0.717) is 6.42 Å². The van der Waals surface area contributed by atoms with Crippen molar-refractivity contribution in [3.05, 3.63) is 39.7 Å². The first kappa shape index (κ1) is 16.0. The Morgan fingerprint density at radius 3 is 2.70 bits per heavy atom. The van der Waals surface area contributed by atoms with Crippen LogP contribution in [0, 0.1) is 21.3 Å². The second-order valence-electron chi connectivity index (χ2n) is 5.24. The van der Waals surface area contributed by atoms with Crippen LogP contribution in [-0.4, -0.2) is 29.1 Å². The highest BCUT2D eigenvalue weighted by Crippen LogP contribution is 2.20. The van der Waals surface area contributed by atoms with E-state index in [0.717, 1.165) is 18.2 Å². The highest BCUT2D eigenvalue weighted by atomic mass is 19.1. The van der Waals surface area contributed by atoms with Crippen molar-refractivity contribution in [1.82, 2.24) is 5.32 Å². The number of nitro benzene ring substituents is 1. The predicted molar refractivity (Wildman–Crippen MR) is 70.9 cm³/mol. The maximum Gasteiger partial charge on any atom is 0.270 e. The molecule has 20 heavy (non-hydrogen) atoms. The first-order valence-corrected chi connectivity index (χ1v) is 6.10. The van der Waals surface area contributed by atoms with Crippen molar-refractivity contribution in [3.8, 4) is 0 Å². The SMILES string of the molecule is CC(C)(CCO)CNC(=O)c1cc([N+](=O)[O-])ccc1F. The summed E-state index contributed by atoms with van der Waals surface area (Å²) in [6.45, 7) is 3.89. The van der Waals surface area contributed by atoms with Gasteiger partial charge in [0.25, 0.3) is 11.6 Å². The van der Waals surface area contributed by atoms with E-state index in [1.807, 2.05) is 13.8 Å². The average molecular weight is 284 g/mol. The van der Waals surface area contributed by atoms with Gasteiger partial charge in [-0.15, -0.1) is 0 Å². The average Bonchev–Trinajstić information content (AvgIpc) is 2.36. The minimum atomic E-state index is -0.812. The molecule has 0 unspecified atom stereocenters. The van der Waals surface area contributed by atoms with Crippen molar-refractivity contribution in [1.29, 1.82) is 0 Å². The van der Waals surface area contributed by atoms with E-state index in [1.165, 1.54) is 0 Å². The molecule has 0 bridgehead atoms. The molecule has 0 saturated carbocycles. The number of hydrogen-bond acceptors (Lipinski definition) is 4. The van der Waals surface area contributed by atoms with E-state index in [2.05, 4.69) is 5.32 Å². The number of carbonyl (C=O) groups excluding carboxylic acids is 1. The van der Waals surface area contributed by atoms with Crippen molar-refractivity contribution in [2.24, 2.45) is 5.41 Å². The quantitative estimate of drug-likeness (QED) is 0.616. The normalized spacial score (nSPS) is 11.2. The Morgan fingerprint density at radius 2 is 2.15 bits per heavy atom. The number of halogens is 1. The summed E-state index contributed by atoms with van der Waals surface area (Å²) in [5, 5.41) is 22.0. The Kier molecular flexibility index (Phi) is 5.15. The molecule has 1 aromatic carbocycles. The first-order valence-electron chi connectivity index (χ1n) is 6.10. The molecule has 0 spiro atoms. The summed E-state index contributed by atoms with van der Waals surface area (Å²) < 4.78 is 13.5. The molecule has 1 aromatic rings. The summed E-state index contributed by atoms with van der Waals surface area (Å²) in [6.07, 6.45) is 0.477. The van der Waals surface area contributed by atoms with Gasteiger partial charge in [0, 0.05) is 25.3 Å². The molecule has 0 aliphatic rings. The van der Waals surface area contributed by atoms with Crippen molar-refractivity contribution >= 4 is 11.6 Å². The van der Waals surface area contributed by atoms with Crippen molar-refractivity contribution in [3.63, 3.8) is 0 Å². The van der Waals surface area contributed by atoms with Crippen molar-refractivity contribution in [2.45, 2.75) is 20.3 Å². The lowest BCUT2D eigenvalue weighted by atomic mass is 9.89. The summed E-state index contributed by atoms with van der Waals surface area (Å²) in [7, 11) is 0. The van der Waals surface area contributed by atoms with Gasteiger partial charge in [0.2, 0.25) is 0 Å². The van der Waals surface area contributed by atoms with Crippen molar-refractivity contribution in [2.75, 3.05) is 13.2 Å². The highest BCUT2D eigenvalue weighted by molar-refractivity contribution is 5.95. The van der Waals surface area contributed by atoms with Crippen LogP contribution in [0.15, 0.2) is 18.2 Å². The fourth-order valence-electron chi connectivity index (χ4n) is 1.61. The third-order valence-corrected chi connectivity index (χ3v) is 2.92. The lowest BCUT2D eigenvalue weighted by Crippen LogP contribution is -2.35. The fourth-order valence-corrected chi connectivity index (χ4v) is 1.61. The minimum Gasteiger partial charge on any atom is -0.396 e. The minimum absolute atomic E-state index is 0.0198. The summed E-state index contributed by atoms with van der Waals surface area (Å²) in [5.74, 6) is -1.52. The fraction of sp³-hybridized carbons (Fsp3) is 0.462. The number of aliphatic hydroxyl groups excluding tert-OH is 1. The zero-order valence-corrected chi connectivity index (χ0v) is 11.4. The molecule has 0 heterocycles. The van der Waals surface area contributed by atoms with Gasteiger partial charge in [0.15, 0.2) is 0 Å². The number of rotatable bonds is 6. The smallest absolute Gasteiger partial charge is 0.270 e. The van der Waals surface area contributed by atoms with Gasteiger partial charge in [-0.25, -0.2) is 4.39 Å². The van der Waals surface area contributed by atoms with Crippen LogP contribution >= 0.6 is 0 Å². The number of non-ortho nitro benzene ring substituents is 1. The largest absolute Gasteiger partial charge is 0.396 e. The molecule has 6 nitrogen and oxygen atoms in total. The maximum atomic E-state index is 13.5. The third-order valence-electron chi connectivity index (χ3n) is 2.92. The number of nitro groups is 1. The zero-order chi connectivity index (χ0) is 15.3. The molecule has 0 saturated heterocycles. The standard InChI is InChI=1S/C13H17FN2O4/c1-13(2,5-6-17)8-15-12(18)10-7-9(16(19)20)3-4-11(10)14/h3-4,7,17H,5-6,8H2,1-2H3,(H,15,18). The van der Waals surface area contributed by atoms with Gasteiger partial charge in [-0.2, -0.15) is 0 Å². The Hall–Kier alpha value is -2.02. The van der Waals surface area contributed by atoms with Crippen LogP contribution in [0.2, 0.25) is 0 Å². The first-order chi connectivity index (χ1) is 9.26. The lowest BCUT2D eigenvalue weighted by molar-refractivity contribution is -0.384. The molecule has 110 valence electrons. The predicted octanol–water partition coefficient (Wildman–Crippen LogP) is 1.87. The number of nitrogens with one attached hydrogen (secondary N) is 1. The van der Waals surface area contributed by atoms with Gasteiger partial charge in [-0.05, 0) is 17.9 Å². The molecule has 0 fully saturated rings. The lowest BCUT2D eigenvalue weighted by Gasteiger charge is -2.23. The van der Waals surface area contributed by atoms with Crippen LogP contribution in [-0.2, 0) is 0 Å². The van der Waals surface area contributed by atoms with Crippen LogP contribution in [0.1, 0.15) is 30.6 Å². The number of benzene rings is 1. The molecule has 7 heteroatoms. The van der Waals surface area contributed by atoms with E-state index in [9.17, 15) is 19.3 Å². The van der Waals surface area contributed by atoms with E-state index < -0.39 is 16.6 Å². The Labute approximate surface area is 115 Å². The molecule has 1 rings (SSSR count). The van der Waals surface area contributed by atoms with Crippen LogP contribution < -0.4 is 5.32 Å². The summed E-state index contributed by atoms with van der Waals surface area (Å²) >= 11 is 0. The van der Waals surface area contributed by atoms with E-state index in [4.69, 9.17) is 5.11 Å². The molecule has 1 amide bonds. The van der Waals surface area contributed by atoms with Crippen LogP contribution in [0.4, 0.5) is 10.1 Å². The van der Waals surface area contributed by atoms with Gasteiger partial charge < -0.3 is 10.4 Å². The van der Waals surface area contributed by atoms with Gasteiger partial charge in [0.1, 0.15) is 5.82 Å². The molecule has 2 N–H and O–H groups in total. The summed E-state index contributed by atoms with van der Waals surface area (Å²) in [4.78, 5) is 21.8. The van der Waals surface area contributed by atoms with Crippen LogP contribution in [0.3, 0.4) is 0 Å². The molecule has 0 radical (unpaired) electrons. The van der Waals surface area contributed by atoms with Crippen LogP contribution in [0.5, 0.6) is 0 Å². The molecule has 0 aliphatic carbocycles. The topological polar surface area (TPSA) is 92.5 Å². The number of hydrogen-bond donors (Lipinski definition) is 2. The number of aliphatic hydroxyl groups is 1. The van der Waals surface area contributed by atoms with Crippen molar-refractivity contribution < 1.29 is 19.2 Å². The van der Waals surface area contributed by atoms with E-state index in [-0.39, 0.29) is 29.8 Å². The third kappa shape index (κ3) is 4.27. The van der Waals surface area contributed by atoms with Crippen LogP contribution in [0.25, 0.3) is 0 Å². The monoisotopic (exact) mass is 284 g/mol. The van der Waals surface area contributed by atoms with Gasteiger partial charge in [0.05, 0.1) is 10.5 Å². The Balaban J connectivity index is 2.82. The molecular weight excluding hydrogens is 267 g/mol. The second kappa shape index (κ2) is 6.42. The summed E-state index contributed by atoms with van der Waals surface area (Å²) in [6, 6.07) is 2.80. The Bertz CT molecular complexity index is 517. The van der Waals surface area contributed by atoms with Gasteiger partial charge >= 0.3 is 0 Å². The second-order valence-corrected chi connectivity index (χ2v) is 5.24. The Morgan fingerprint density at radius 1 is 1.50 bits per heavy atom.